The summed E-state index contributed by atoms with van der Waals surface area (Å²) in [6.45, 7) is 6.02. The Labute approximate surface area is 223 Å². The Hall–Kier alpha value is -3.25. The Bertz CT molecular complexity index is 1430. The number of nitrogens with zero attached hydrogens (tertiary/aromatic N) is 4. The Balaban J connectivity index is 1.51. The van der Waals surface area contributed by atoms with Gasteiger partial charge < -0.3 is 26.0 Å². The highest BCUT2D eigenvalue weighted by molar-refractivity contribution is 7.21. The van der Waals surface area contributed by atoms with E-state index in [0.717, 1.165) is 15.8 Å². The molecular formula is C27H31FN6O3S. The van der Waals surface area contributed by atoms with Gasteiger partial charge in [-0.05, 0) is 43.5 Å². The van der Waals surface area contributed by atoms with Crippen molar-refractivity contribution in [3.8, 4) is 10.6 Å². The summed E-state index contributed by atoms with van der Waals surface area (Å²) in [5.74, 6) is -0.113. The third-order valence-corrected chi connectivity index (χ3v) is 8.24. The fourth-order valence-corrected chi connectivity index (χ4v) is 5.86. The van der Waals surface area contributed by atoms with E-state index < -0.39 is 23.2 Å². The van der Waals surface area contributed by atoms with Gasteiger partial charge >= 0.3 is 0 Å². The maximum atomic E-state index is 13.8. The molecule has 0 saturated heterocycles. The molecule has 11 heteroatoms. The van der Waals surface area contributed by atoms with Crippen LogP contribution in [0.15, 0.2) is 42.7 Å². The number of aryl methyl sites for hydroxylation is 1. The number of rotatable bonds is 8. The number of aliphatic hydroxyl groups excluding tert-OH is 2. The van der Waals surface area contributed by atoms with E-state index in [0.29, 0.717) is 41.0 Å². The second kappa shape index (κ2) is 10.1. The lowest BCUT2D eigenvalue weighted by atomic mass is 9.84. The highest BCUT2D eigenvalue weighted by Crippen LogP contribution is 2.40. The van der Waals surface area contributed by atoms with E-state index >= 15 is 0 Å². The van der Waals surface area contributed by atoms with Gasteiger partial charge in [0.05, 0.1) is 22.2 Å². The zero-order chi connectivity index (χ0) is 27.1. The smallest absolute Gasteiger partial charge is 0.224 e. The third kappa shape index (κ3) is 5.06. The average Bonchev–Trinajstić information content (AvgIpc) is 3.43. The Morgan fingerprint density at radius 1 is 1.21 bits per heavy atom. The first-order valence-electron chi connectivity index (χ1n) is 12.5. The number of hydrogen-bond acceptors (Lipinski definition) is 10. The summed E-state index contributed by atoms with van der Waals surface area (Å²) in [5, 5.41) is 38.7. The van der Waals surface area contributed by atoms with Gasteiger partial charge in [0.25, 0.3) is 0 Å². The lowest BCUT2D eigenvalue weighted by Crippen LogP contribution is -2.48. The number of hydrogen-bond donors (Lipinski definition) is 5. The van der Waals surface area contributed by atoms with E-state index in [1.165, 1.54) is 23.5 Å². The van der Waals surface area contributed by atoms with Crippen molar-refractivity contribution in [1.29, 1.82) is 0 Å². The molecule has 3 unspecified atom stereocenters. The van der Waals surface area contributed by atoms with Gasteiger partial charge in [-0.2, -0.15) is 4.98 Å². The summed E-state index contributed by atoms with van der Waals surface area (Å²) in [5.41, 5.74) is 0.679. The van der Waals surface area contributed by atoms with Crippen LogP contribution in [0.4, 0.5) is 16.2 Å². The lowest BCUT2D eigenvalue weighted by Gasteiger charge is -2.31. The van der Waals surface area contributed by atoms with Crippen LogP contribution in [0.2, 0.25) is 0 Å². The van der Waals surface area contributed by atoms with E-state index in [1.54, 1.807) is 18.5 Å². The van der Waals surface area contributed by atoms with Crippen molar-refractivity contribution in [2.24, 2.45) is 5.92 Å². The molecule has 5 N–H and O–H groups in total. The molecular weight excluding hydrogens is 507 g/mol. The average molecular weight is 539 g/mol. The summed E-state index contributed by atoms with van der Waals surface area (Å²) < 4.78 is 14.8. The molecule has 0 aliphatic heterocycles. The minimum absolute atomic E-state index is 0.229. The monoisotopic (exact) mass is 538 g/mol. The molecule has 1 saturated carbocycles. The minimum Gasteiger partial charge on any atom is -0.396 e. The molecule has 1 aliphatic carbocycles. The van der Waals surface area contributed by atoms with E-state index in [9.17, 15) is 19.7 Å². The zero-order valence-electron chi connectivity index (χ0n) is 21.4. The molecule has 5 rings (SSSR count). The van der Waals surface area contributed by atoms with Crippen LogP contribution < -0.4 is 10.6 Å². The van der Waals surface area contributed by atoms with E-state index in [4.69, 9.17) is 9.97 Å². The molecule has 200 valence electrons. The largest absolute Gasteiger partial charge is 0.396 e. The first-order valence-corrected chi connectivity index (χ1v) is 13.3. The first-order chi connectivity index (χ1) is 18.1. The van der Waals surface area contributed by atoms with Gasteiger partial charge in [0, 0.05) is 30.7 Å². The molecule has 3 heterocycles. The van der Waals surface area contributed by atoms with Crippen molar-refractivity contribution in [1.82, 2.24) is 19.9 Å². The fraction of sp³-hybridized carbons (Fsp3) is 0.407. The van der Waals surface area contributed by atoms with Crippen LogP contribution in [0.1, 0.15) is 37.9 Å². The number of fused-ring (bicyclic) bond motifs is 1. The number of thiazole rings is 1. The number of aliphatic hydroxyl groups is 3. The topological polar surface area (TPSA) is 136 Å². The van der Waals surface area contributed by atoms with Crippen molar-refractivity contribution in [2.45, 2.75) is 50.9 Å². The molecule has 4 aromatic rings. The molecule has 1 aliphatic rings. The third-order valence-electron chi connectivity index (χ3n) is 7.19. The highest BCUT2D eigenvalue weighted by Gasteiger charge is 2.47. The van der Waals surface area contributed by atoms with Gasteiger partial charge in [-0.15, -0.1) is 11.3 Å². The Kier molecular flexibility index (Phi) is 7.03. The summed E-state index contributed by atoms with van der Waals surface area (Å²) in [4.78, 5) is 18.2. The molecule has 1 fully saturated rings. The number of halogens is 1. The molecule has 3 aromatic heterocycles. The first kappa shape index (κ1) is 26.4. The van der Waals surface area contributed by atoms with Crippen LogP contribution in [0.3, 0.4) is 0 Å². The fourth-order valence-electron chi connectivity index (χ4n) is 4.83. The van der Waals surface area contributed by atoms with Crippen LogP contribution in [0, 0.1) is 18.7 Å². The van der Waals surface area contributed by atoms with Crippen molar-refractivity contribution in [2.75, 3.05) is 23.8 Å². The van der Waals surface area contributed by atoms with Gasteiger partial charge in [-0.3, -0.25) is 4.98 Å². The SMILES string of the molecule is Cc1nc(NCC(C)(C)c2cccc(F)c2)nc(NC2(O)CCC(CO)C2O)c1-c1nc2cnccc2s1. The van der Waals surface area contributed by atoms with Crippen LogP contribution in [0.5, 0.6) is 0 Å². The van der Waals surface area contributed by atoms with Gasteiger partial charge in [0.1, 0.15) is 28.3 Å². The maximum absolute atomic E-state index is 13.8. The quantitative estimate of drug-likeness (QED) is 0.212. The summed E-state index contributed by atoms with van der Waals surface area (Å²) in [6.07, 6.45) is 2.90. The molecule has 3 atom stereocenters. The number of benzene rings is 1. The van der Waals surface area contributed by atoms with E-state index in [2.05, 4.69) is 20.6 Å². The van der Waals surface area contributed by atoms with Gasteiger partial charge in [0.15, 0.2) is 5.72 Å². The summed E-state index contributed by atoms with van der Waals surface area (Å²) >= 11 is 1.45. The molecule has 38 heavy (non-hydrogen) atoms. The second-order valence-corrected chi connectivity index (χ2v) is 11.5. The second-order valence-electron chi connectivity index (χ2n) is 10.4. The van der Waals surface area contributed by atoms with Crippen LogP contribution >= 0.6 is 11.3 Å². The Morgan fingerprint density at radius 2 is 2.03 bits per heavy atom. The summed E-state index contributed by atoms with van der Waals surface area (Å²) in [7, 11) is 0. The molecule has 0 bridgehead atoms. The van der Waals surface area contributed by atoms with Gasteiger partial charge in [-0.25, -0.2) is 14.4 Å². The standard InChI is InChI=1S/C27H31FN6O3S/c1-15-21(24-32-19-12-29-10-8-20(19)38-24)23(34-27(37)9-7-16(13-35)22(27)36)33-25(31-15)30-14-26(2,3)17-5-4-6-18(28)11-17/h4-6,8,10-12,16,22,35-37H,7,9,13-14H2,1-3H3,(H2,30,31,33,34). The number of aromatic nitrogens is 4. The van der Waals surface area contributed by atoms with Gasteiger partial charge in [0.2, 0.25) is 5.95 Å². The minimum atomic E-state index is -1.68. The van der Waals surface area contributed by atoms with E-state index in [1.807, 2.05) is 32.9 Å². The lowest BCUT2D eigenvalue weighted by molar-refractivity contribution is -0.0545. The number of anilines is 2. The highest BCUT2D eigenvalue weighted by atomic mass is 32.1. The van der Waals surface area contributed by atoms with Crippen molar-refractivity contribution in [3.05, 3.63) is 59.8 Å². The van der Waals surface area contributed by atoms with Crippen molar-refractivity contribution < 1.29 is 19.7 Å². The predicted molar refractivity (Wildman–Crippen MR) is 145 cm³/mol. The normalized spacial score (nSPS) is 21.7. The molecule has 9 nitrogen and oxygen atoms in total. The molecule has 0 spiro atoms. The zero-order valence-corrected chi connectivity index (χ0v) is 22.3. The van der Waals surface area contributed by atoms with Crippen molar-refractivity contribution in [3.63, 3.8) is 0 Å². The predicted octanol–water partition coefficient (Wildman–Crippen LogP) is 3.85. The summed E-state index contributed by atoms with van der Waals surface area (Å²) in [6, 6.07) is 8.37. The maximum Gasteiger partial charge on any atom is 0.224 e. The van der Waals surface area contributed by atoms with Crippen LogP contribution in [-0.2, 0) is 5.41 Å². The molecule has 0 radical (unpaired) electrons. The molecule has 0 amide bonds. The van der Waals surface area contributed by atoms with Crippen LogP contribution in [0.25, 0.3) is 20.8 Å². The molecule has 1 aromatic carbocycles. The van der Waals surface area contributed by atoms with E-state index in [-0.39, 0.29) is 18.8 Å². The van der Waals surface area contributed by atoms with Crippen LogP contribution in [-0.4, -0.2) is 60.2 Å². The van der Waals surface area contributed by atoms with Gasteiger partial charge in [-0.1, -0.05) is 26.0 Å². The number of pyridine rings is 1. The Morgan fingerprint density at radius 3 is 2.74 bits per heavy atom. The number of nitrogens with one attached hydrogen (secondary N) is 2. The van der Waals surface area contributed by atoms with Crippen molar-refractivity contribution >= 4 is 33.3 Å².